The van der Waals surface area contributed by atoms with Gasteiger partial charge in [0, 0.05) is 6.07 Å². The van der Waals surface area contributed by atoms with Crippen LogP contribution >= 0.6 is 0 Å². The van der Waals surface area contributed by atoms with Crippen LogP contribution in [0.3, 0.4) is 0 Å². The van der Waals surface area contributed by atoms with E-state index in [0.29, 0.717) is 0 Å². The predicted molar refractivity (Wildman–Crippen MR) is 93.9 cm³/mol. The molecule has 2 aromatic carbocycles. The fraction of sp³-hybridized carbons (Fsp3) is 0.316. The molecular weight excluding hydrogens is 372 g/mol. The average molecular weight is 392 g/mol. The number of carbonyl (C=O) groups excluding carboxylic acids is 1. The minimum Gasteiger partial charge on any atom is -0.508 e. The van der Waals surface area contributed by atoms with Crippen molar-refractivity contribution in [2.24, 2.45) is 0 Å². The molecule has 5 N–H and O–H groups in total. The first kappa shape index (κ1) is 20.1. The van der Waals surface area contributed by atoms with E-state index in [2.05, 4.69) is 0 Å². The molecule has 9 nitrogen and oxygen atoms in total. The Morgan fingerprint density at radius 2 is 1.68 bits per heavy atom. The largest absolute Gasteiger partial charge is 0.508 e. The minimum atomic E-state index is -1.63. The second-order valence-corrected chi connectivity index (χ2v) is 6.20. The summed E-state index contributed by atoms with van der Waals surface area (Å²) in [7, 11) is 0. The van der Waals surface area contributed by atoms with E-state index in [1.807, 2.05) is 0 Å². The lowest BCUT2D eigenvalue weighted by Crippen LogP contribution is -2.60. The summed E-state index contributed by atoms with van der Waals surface area (Å²) < 4.78 is 16.0. The molecule has 0 aromatic heterocycles. The molecule has 9 heteroatoms. The second-order valence-electron chi connectivity index (χ2n) is 6.20. The zero-order valence-corrected chi connectivity index (χ0v) is 14.6. The van der Waals surface area contributed by atoms with Gasteiger partial charge in [0.15, 0.2) is 11.5 Å². The number of benzene rings is 2. The van der Waals surface area contributed by atoms with Crippen molar-refractivity contribution in [3.63, 3.8) is 0 Å². The molecule has 0 spiro atoms. The van der Waals surface area contributed by atoms with Gasteiger partial charge in [-0.25, -0.2) is 4.79 Å². The Balaban J connectivity index is 1.81. The molecule has 150 valence electrons. The van der Waals surface area contributed by atoms with Crippen LogP contribution in [0.15, 0.2) is 48.5 Å². The molecule has 1 aliphatic heterocycles. The lowest BCUT2D eigenvalue weighted by atomic mass is 9.99. The van der Waals surface area contributed by atoms with Crippen LogP contribution in [-0.2, 0) is 4.74 Å². The van der Waals surface area contributed by atoms with Crippen molar-refractivity contribution < 1.29 is 44.5 Å². The molecule has 0 aliphatic carbocycles. The van der Waals surface area contributed by atoms with Crippen LogP contribution in [0.5, 0.6) is 17.2 Å². The van der Waals surface area contributed by atoms with Crippen molar-refractivity contribution in [2.75, 3.05) is 6.61 Å². The topological polar surface area (TPSA) is 146 Å². The highest BCUT2D eigenvalue weighted by Gasteiger charge is 2.45. The summed E-state index contributed by atoms with van der Waals surface area (Å²) in [6.07, 6.45) is -7.41. The second kappa shape index (κ2) is 8.55. The van der Waals surface area contributed by atoms with Crippen LogP contribution in [-0.4, -0.2) is 68.8 Å². The first-order chi connectivity index (χ1) is 13.4. The van der Waals surface area contributed by atoms with E-state index in [1.54, 1.807) is 30.3 Å². The van der Waals surface area contributed by atoms with Gasteiger partial charge in [-0.05, 0) is 24.3 Å². The number of esters is 1. The third-order valence-corrected chi connectivity index (χ3v) is 4.23. The number of phenolic OH excluding ortho intramolecular Hbond substituents is 1. The number of carbonyl (C=O) groups is 1. The van der Waals surface area contributed by atoms with E-state index in [0.717, 1.165) is 6.07 Å². The molecule has 0 bridgehead atoms. The van der Waals surface area contributed by atoms with Gasteiger partial charge in [-0.2, -0.15) is 0 Å². The normalized spacial score (nSPS) is 27.2. The summed E-state index contributed by atoms with van der Waals surface area (Å²) in [5.74, 6) is -1.11. The first-order valence-corrected chi connectivity index (χ1v) is 8.48. The van der Waals surface area contributed by atoms with Gasteiger partial charge in [-0.3, -0.25) is 0 Å². The summed E-state index contributed by atoms with van der Waals surface area (Å²) in [5.41, 5.74) is 0.268. The third kappa shape index (κ3) is 4.24. The molecule has 1 fully saturated rings. The van der Waals surface area contributed by atoms with Crippen molar-refractivity contribution >= 4 is 5.97 Å². The van der Waals surface area contributed by atoms with Crippen molar-refractivity contribution in [1.82, 2.24) is 0 Å². The van der Waals surface area contributed by atoms with Gasteiger partial charge < -0.3 is 39.7 Å². The molecule has 0 unspecified atom stereocenters. The summed E-state index contributed by atoms with van der Waals surface area (Å²) in [5, 5.41) is 48.7. The van der Waals surface area contributed by atoms with Crippen LogP contribution in [0.4, 0.5) is 0 Å². The predicted octanol–water partition coefficient (Wildman–Crippen LogP) is -0.210. The molecular formula is C19H20O9. The van der Waals surface area contributed by atoms with Crippen molar-refractivity contribution in [1.29, 1.82) is 0 Å². The quantitative estimate of drug-likeness (QED) is 0.344. The van der Waals surface area contributed by atoms with E-state index in [-0.39, 0.29) is 22.8 Å². The van der Waals surface area contributed by atoms with Gasteiger partial charge in [0.2, 0.25) is 6.29 Å². The lowest BCUT2D eigenvalue weighted by Gasteiger charge is -2.39. The molecule has 2 aromatic rings. The Labute approximate surface area is 160 Å². The molecule has 28 heavy (non-hydrogen) atoms. The monoisotopic (exact) mass is 392 g/mol. The first-order valence-electron chi connectivity index (χ1n) is 8.48. The summed E-state index contributed by atoms with van der Waals surface area (Å²) in [6.45, 7) is -0.615. The number of hydrogen-bond donors (Lipinski definition) is 5. The molecule has 0 radical (unpaired) electrons. The average Bonchev–Trinajstić information content (AvgIpc) is 2.70. The molecule has 1 aliphatic rings. The summed E-state index contributed by atoms with van der Waals surface area (Å²) >= 11 is 0. The van der Waals surface area contributed by atoms with Gasteiger partial charge in [0.1, 0.15) is 30.2 Å². The fourth-order valence-electron chi connectivity index (χ4n) is 2.70. The maximum atomic E-state index is 12.3. The molecule has 5 atom stereocenters. The van der Waals surface area contributed by atoms with E-state index in [9.17, 15) is 30.3 Å². The molecule has 0 saturated carbocycles. The minimum absolute atomic E-state index is 0.0635. The maximum Gasteiger partial charge on any atom is 0.343 e. The standard InChI is InChI=1S/C19H20O9/c20-9-14-15(22)16(23)17(24)19(28-14)27-12-7-6-11(21)8-13(12)26-18(25)10-4-2-1-3-5-10/h1-8,14-17,19-24H,9H2/t14-,15-,16+,17-,19-/m1/s1. The van der Waals surface area contributed by atoms with Gasteiger partial charge >= 0.3 is 5.97 Å². The Bertz CT molecular complexity index is 808. The molecule has 3 rings (SSSR count). The Morgan fingerprint density at radius 3 is 2.36 bits per heavy atom. The van der Waals surface area contributed by atoms with Crippen molar-refractivity contribution in [3.05, 3.63) is 54.1 Å². The highest BCUT2D eigenvalue weighted by molar-refractivity contribution is 5.91. The molecule has 1 saturated heterocycles. The van der Waals surface area contributed by atoms with E-state index < -0.39 is 43.3 Å². The Hall–Kier alpha value is -2.69. The third-order valence-electron chi connectivity index (χ3n) is 4.23. The van der Waals surface area contributed by atoms with Gasteiger partial charge in [-0.1, -0.05) is 18.2 Å². The number of hydrogen-bond acceptors (Lipinski definition) is 9. The highest BCUT2D eigenvalue weighted by atomic mass is 16.7. The number of aromatic hydroxyl groups is 1. The van der Waals surface area contributed by atoms with Gasteiger partial charge in [0.05, 0.1) is 12.2 Å². The van der Waals surface area contributed by atoms with E-state index in [1.165, 1.54) is 12.1 Å². The molecule has 0 amide bonds. The Kier molecular flexibility index (Phi) is 6.12. The van der Waals surface area contributed by atoms with E-state index in [4.69, 9.17) is 14.2 Å². The van der Waals surface area contributed by atoms with Crippen LogP contribution in [0.25, 0.3) is 0 Å². The number of rotatable bonds is 5. The van der Waals surface area contributed by atoms with Crippen LogP contribution in [0.1, 0.15) is 10.4 Å². The Morgan fingerprint density at radius 1 is 0.964 bits per heavy atom. The molecule has 1 heterocycles. The van der Waals surface area contributed by atoms with Crippen molar-refractivity contribution in [3.8, 4) is 17.2 Å². The van der Waals surface area contributed by atoms with Gasteiger partial charge in [0.25, 0.3) is 0 Å². The smallest absolute Gasteiger partial charge is 0.343 e. The van der Waals surface area contributed by atoms with Crippen molar-refractivity contribution in [2.45, 2.75) is 30.7 Å². The van der Waals surface area contributed by atoms with E-state index >= 15 is 0 Å². The maximum absolute atomic E-state index is 12.3. The lowest BCUT2D eigenvalue weighted by molar-refractivity contribution is -0.277. The number of aliphatic hydroxyl groups excluding tert-OH is 4. The summed E-state index contributed by atoms with van der Waals surface area (Å²) in [4.78, 5) is 12.3. The highest BCUT2D eigenvalue weighted by Crippen LogP contribution is 2.34. The zero-order valence-electron chi connectivity index (χ0n) is 14.6. The van der Waals surface area contributed by atoms with Crippen LogP contribution in [0.2, 0.25) is 0 Å². The SMILES string of the molecule is O=C(Oc1cc(O)ccc1O[C@@H]1O[C@H](CO)[C@@H](O)[C@H](O)[C@H]1O)c1ccccc1. The zero-order chi connectivity index (χ0) is 20.3. The number of aliphatic hydroxyl groups is 4. The van der Waals surface area contributed by atoms with Crippen LogP contribution in [0, 0.1) is 0 Å². The number of phenols is 1. The van der Waals surface area contributed by atoms with Gasteiger partial charge in [-0.15, -0.1) is 0 Å². The summed E-state index contributed by atoms with van der Waals surface area (Å²) in [6, 6.07) is 11.8. The number of ether oxygens (including phenoxy) is 3. The van der Waals surface area contributed by atoms with Crippen LogP contribution < -0.4 is 9.47 Å². The fourth-order valence-corrected chi connectivity index (χ4v) is 2.70.